The van der Waals surface area contributed by atoms with E-state index in [1.54, 1.807) is 12.1 Å². The summed E-state index contributed by atoms with van der Waals surface area (Å²) in [6.45, 7) is 0. The van der Waals surface area contributed by atoms with Crippen LogP contribution in [0.2, 0.25) is 0 Å². The fraction of sp³-hybridized carbons (Fsp3) is 0.273. The summed E-state index contributed by atoms with van der Waals surface area (Å²) in [5.74, 6) is -2.06. The minimum atomic E-state index is -1.01. The lowest BCUT2D eigenvalue weighted by Crippen LogP contribution is -2.20. The molecule has 0 aromatic heterocycles. The molecule has 1 aromatic carbocycles. The zero-order chi connectivity index (χ0) is 10.6. The van der Waals surface area contributed by atoms with Gasteiger partial charge in [-0.2, -0.15) is 0 Å². The number of hydrogen-bond donors (Lipinski definition) is 0. The molecule has 0 bridgehead atoms. The SMILES string of the molecule is O=C1OC(=O)C2(c3ccccc3F)CC12. The van der Waals surface area contributed by atoms with Crippen LogP contribution in [0.3, 0.4) is 0 Å². The van der Waals surface area contributed by atoms with E-state index in [-0.39, 0.29) is 5.56 Å². The third kappa shape index (κ3) is 0.888. The fourth-order valence-corrected chi connectivity index (χ4v) is 2.26. The van der Waals surface area contributed by atoms with Crippen LogP contribution in [0.5, 0.6) is 0 Å². The molecular formula is C11H7FO3. The van der Waals surface area contributed by atoms with Gasteiger partial charge in [-0.3, -0.25) is 9.59 Å². The van der Waals surface area contributed by atoms with Crippen LogP contribution in [0.25, 0.3) is 0 Å². The van der Waals surface area contributed by atoms with Gasteiger partial charge in [0, 0.05) is 5.56 Å². The average Bonchev–Trinajstić information content (AvgIpc) is 2.89. The molecular weight excluding hydrogens is 199 g/mol. The van der Waals surface area contributed by atoms with Crippen molar-refractivity contribution in [2.45, 2.75) is 11.8 Å². The van der Waals surface area contributed by atoms with E-state index >= 15 is 0 Å². The van der Waals surface area contributed by atoms with Crippen molar-refractivity contribution >= 4 is 11.9 Å². The largest absolute Gasteiger partial charge is 0.392 e. The second-order valence-electron chi connectivity index (χ2n) is 3.92. The van der Waals surface area contributed by atoms with Crippen molar-refractivity contribution in [3.63, 3.8) is 0 Å². The number of cyclic esters (lactones) is 2. The van der Waals surface area contributed by atoms with Crippen LogP contribution in [0.15, 0.2) is 24.3 Å². The number of fused-ring (bicyclic) bond motifs is 1. The topological polar surface area (TPSA) is 43.4 Å². The number of halogens is 1. The molecule has 2 unspecified atom stereocenters. The Bertz CT molecular complexity index is 482. The average molecular weight is 206 g/mol. The second-order valence-corrected chi connectivity index (χ2v) is 3.92. The first-order valence-electron chi connectivity index (χ1n) is 4.67. The Balaban J connectivity index is 2.14. The van der Waals surface area contributed by atoms with E-state index < -0.39 is 29.1 Å². The highest BCUT2D eigenvalue weighted by Gasteiger charge is 2.72. The quantitative estimate of drug-likeness (QED) is 0.511. The molecule has 1 heterocycles. The molecule has 2 aliphatic rings. The van der Waals surface area contributed by atoms with Gasteiger partial charge in [0.1, 0.15) is 11.2 Å². The molecule has 4 heteroatoms. The monoisotopic (exact) mass is 206 g/mol. The van der Waals surface area contributed by atoms with Gasteiger partial charge < -0.3 is 4.74 Å². The Kier molecular flexibility index (Phi) is 1.40. The van der Waals surface area contributed by atoms with Crippen molar-refractivity contribution in [3.8, 4) is 0 Å². The fourth-order valence-electron chi connectivity index (χ4n) is 2.26. The van der Waals surface area contributed by atoms with Crippen LogP contribution in [0.1, 0.15) is 12.0 Å². The number of benzene rings is 1. The highest BCUT2D eigenvalue weighted by Crippen LogP contribution is 2.60. The number of rotatable bonds is 1. The summed E-state index contributed by atoms with van der Waals surface area (Å²) >= 11 is 0. The van der Waals surface area contributed by atoms with E-state index in [0.717, 1.165) is 0 Å². The van der Waals surface area contributed by atoms with Crippen LogP contribution in [0, 0.1) is 11.7 Å². The summed E-state index contributed by atoms with van der Waals surface area (Å²) in [6, 6.07) is 6.03. The molecule has 3 nitrogen and oxygen atoms in total. The molecule has 2 fully saturated rings. The van der Waals surface area contributed by atoms with E-state index in [2.05, 4.69) is 4.74 Å². The van der Waals surface area contributed by atoms with Crippen LogP contribution < -0.4 is 0 Å². The van der Waals surface area contributed by atoms with Gasteiger partial charge >= 0.3 is 11.9 Å². The zero-order valence-corrected chi connectivity index (χ0v) is 7.70. The van der Waals surface area contributed by atoms with Crippen molar-refractivity contribution in [1.82, 2.24) is 0 Å². The molecule has 0 amide bonds. The molecule has 1 saturated heterocycles. The van der Waals surface area contributed by atoms with Gasteiger partial charge in [0.05, 0.1) is 5.92 Å². The Labute approximate surface area is 84.8 Å². The summed E-state index contributed by atoms with van der Waals surface area (Å²) in [7, 11) is 0. The first kappa shape index (κ1) is 8.59. The first-order chi connectivity index (χ1) is 7.16. The van der Waals surface area contributed by atoms with E-state index in [0.29, 0.717) is 6.42 Å². The van der Waals surface area contributed by atoms with E-state index in [1.807, 2.05) is 0 Å². The predicted octanol–water partition coefficient (Wildman–Crippen LogP) is 1.17. The van der Waals surface area contributed by atoms with Gasteiger partial charge in [-0.25, -0.2) is 4.39 Å². The molecule has 15 heavy (non-hydrogen) atoms. The summed E-state index contributed by atoms with van der Waals surface area (Å²) in [5, 5.41) is 0. The molecule has 1 aromatic rings. The summed E-state index contributed by atoms with van der Waals surface area (Å²) < 4.78 is 18.0. The van der Waals surface area contributed by atoms with Crippen molar-refractivity contribution < 1.29 is 18.7 Å². The molecule has 0 radical (unpaired) electrons. The molecule has 2 atom stereocenters. The maximum atomic E-state index is 13.5. The first-order valence-corrected chi connectivity index (χ1v) is 4.67. The smallest absolute Gasteiger partial charge is 0.325 e. The number of hydrogen-bond acceptors (Lipinski definition) is 3. The van der Waals surface area contributed by atoms with Crippen molar-refractivity contribution in [2.24, 2.45) is 5.92 Å². The van der Waals surface area contributed by atoms with Gasteiger partial charge in [0.25, 0.3) is 0 Å². The van der Waals surface area contributed by atoms with Gasteiger partial charge in [-0.05, 0) is 12.5 Å². The Morgan fingerprint density at radius 3 is 2.60 bits per heavy atom. The Morgan fingerprint density at radius 2 is 2.07 bits per heavy atom. The standard InChI is InChI=1S/C11H7FO3/c12-8-4-2-1-3-6(8)11-5-7(11)9(13)15-10(11)14/h1-4,7H,5H2. The maximum absolute atomic E-state index is 13.5. The number of carbonyl (C=O) groups is 2. The van der Waals surface area contributed by atoms with Crippen LogP contribution >= 0.6 is 0 Å². The lowest BCUT2D eigenvalue weighted by molar-refractivity contribution is -0.155. The molecule has 0 N–H and O–H groups in total. The third-order valence-corrected chi connectivity index (χ3v) is 3.16. The minimum absolute atomic E-state index is 0.283. The normalized spacial score (nSPS) is 32.5. The van der Waals surface area contributed by atoms with Crippen LogP contribution in [0.4, 0.5) is 4.39 Å². The molecule has 1 aliphatic heterocycles. The lowest BCUT2D eigenvalue weighted by Gasteiger charge is -2.09. The van der Waals surface area contributed by atoms with Gasteiger partial charge in [0.2, 0.25) is 0 Å². The zero-order valence-electron chi connectivity index (χ0n) is 7.70. The maximum Gasteiger partial charge on any atom is 0.325 e. The summed E-state index contributed by atoms with van der Waals surface area (Å²) in [5.41, 5.74) is -0.728. The van der Waals surface area contributed by atoms with Crippen molar-refractivity contribution in [1.29, 1.82) is 0 Å². The van der Waals surface area contributed by atoms with E-state index in [1.165, 1.54) is 12.1 Å². The van der Waals surface area contributed by atoms with Crippen molar-refractivity contribution in [3.05, 3.63) is 35.6 Å². The Morgan fingerprint density at radius 1 is 1.33 bits per heavy atom. The number of carbonyl (C=O) groups excluding carboxylic acids is 2. The number of esters is 2. The summed E-state index contributed by atoms with van der Waals surface area (Å²) in [6.07, 6.45) is 0.381. The van der Waals surface area contributed by atoms with Crippen LogP contribution in [-0.4, -0.2) is 11.9 Å². The minimum Gasteiger partial charge on any atom is -0.392 e. The highest BCUT2D eigenvalue weighted by atomic mass is 19.1. The molecule has 0 spiro atoms. The van der Waals surface area contributed by atoms with Gasteiger partial charge in [-0.1, -0.05) is 18.2 Å². The Hall–Kier alpha value is -1.71. The lowest BCUT2D eigenvalue weighted by atomic mass is 9.94. The predicted molar refractivity (Wildman–Crippen MR) is 47.3 cm³/mol. The van der Waals surface area contributed by atoms with Gasteiger partial charge in [0.15, 0.2) is 0 Å². The van der Waals surface area contributed by atoms with E-state index in [9.17, 15) is 14.0 Å². The second kappa shape index (κ2) is 2.45. The molecule has 3 rings (SSSR count). The third-order valence-electron chi connectivity index (χ3n) is 3.16. The highest BCUT2D eigenvalue weighted by molar-refractivity contribution is 6.07. The molecule has 76 valence electrons. The molecule has 1 saturated carbocycles. The number of ether oxygens (including phenoxy) is 1. The van der Waals surface area contributed by atoms with Crippen LogP contribution in [-0.2, 0) is 19.7 Å². The van der Waals surface area contributed by atoms with Crippen molar-refractivity contribution in [2.75, 3.05) is 0 Å². The van der Waals surface area contributed by atoms with E-state index in [4.69, 9.17) is 0 Å². The van der Waals surface area contributed by atoms with Gasteiger partial charge in [-0.15, -0.1) is 0 Å². The molecule has 1 aliphatic carbocycles. The summed E-state index contributed by atoms with van der Waals surface area (Å²) in [4.78, 5) is 22.6.